The maximum absolute atomic E-state index is 10.1. The highest BCUT2D eigenvalue weighted by atomic mass is 35.5. The SMILES string of the molecule is COc1ccc2c3c1O[C@@H]1CC(O)C=CC31CC[N+](C)(CCCCl)C2. The summed E-state index contributed by atoms with van der Waals surface area (Å²) in [6.45, 7) is 3.14. The molecule has 1 aliphatic carbocycles. The summed E-state index contributed by atoms with van der Waals surface area (Å²) in [6.07, 6.45) is 6.39. The maximum Gasteiger partial charge on any atom is 0.166 e. The number of nitrogens with zero attached hydrogens (tertiary/aromatic N) is 1. The summed E-state index contributed by atoms with van der Waals surface area (Å²) in [5, 5.41) is 10.1. The summed E-state index contributed by atoms with van der Waals surface area (Å²) < 4.78 is 12.9. The van der Waals surface area contributed by atoms with Gasteiger partial charge < -0.3 is 19.1 Å². The Bertz CT molecular complexity index is 706. The predicted octanol–water partition coefficient (Wildman–Crippen LogP) is 2.99. The molecule has 0 radical (unpaired) electrons. The lowest BCUT2D eigenvalue weighted by Gasteiger charge is -2.37. The second kappa shape index (κ2) is 6.19. The molecule has 4 rings (SSSR count). The molecule has 4 atom stereocenters. The third-order valence-corrected chi connectivity index (χ3v) is 6.52. The lowest BCUT2D eigenvalue weighted by molar-refractivity contribution is -0.922. The Morgan fingerprint density at radius 1 is 1.44 bits per heavy atom. The number of quaternary nitrogens is 1. The van der Waals surface area contributed by atoms with Crippen molar-refractivity contribution in [1.82, 2.24) is 0 Å². The molecule has 0 fully saturated rings. The van der Waals surface area contributed by atoms with Crippen LogP contribution in [0.5, 0.6) is 11.5 Å². The third kappa shape index (κ3) is 2.66. The van der Waals surface area contributed by atoms with Crippen molar-refractivity contribution >= 4 is 11.6 Å². The fourth-order valence-corrected chi connectivity index (χ4v) is 5.03. The number of halogens is 1. The number of hydrogen-bond acceptors (Lipinski definition) is 3. The molecule has 1 N–H and O–H groups in total. The van der Waals surface area contributed by atoms with Gasteiger partial charge in [-0.3, -0.25) is 0 Å². The van der Waals surface area contributed by atoms with Gasteiger partial charge in [-0.1, -0.05) is 12.2 Å². The highest BCUT2D eigenvalue weighted by Gasteiger charge is 2.54. The standard InChI is InChI=1S/C20H27ClNO3/c1-22(10-3-9-21)11-8-20-7-6-15(23)12-17(20)25-19-16(24-2)5-4-14(13-22)18(19)20/h4-7,15,17,23H,3,8-13H2,1-2H3/q+1/t15?,17-,20?,22?/m1/s1. The molecule has 0 saturated carbocycles. The summed E-state index contributed by atoms with van der Waals surface area (Å²) >= 11 is 5.97. The topological polar surface area (TPSA) is 38.7 Å². The van der Waals surface area contributed by atoms with E-state index < -0.39 is 6.10 Å². The quantitative estimate of drug-likeness (QED) is 0.507. The molecule has 1 aromatic rings. The van der Waals surface area contributed by atoms with Gasteiger partial charge >= 0.3 is 0 Å². The number of alkyl halides is 1. The number of aliphatic hydroxyl groups excluding tert-OH is 1. The van der Waals surface area contributed by atoms with E-state index >= 15 is 0 Å². The second-order valence-electron chi connectivity index (χ2n) is 7.96. The first-order valence-electron chi connectivity index (χ1n) is 9.15. The van der Waals surface area contributed by atoms with Gasteiger partial charge in [0, 0.05) is 36.3 Å². The first kappa shape index (κ1) is 17.2. The van der Waals surface area contributed by atoms with E-state index in [9.17, 15) is 5.11 Å². The number of hydrogen-bond donors (Lipinski definition) is 1. The zero-order valence-electron chi connectivity index (χ0n) is 15.0. The molecule has 2 aliphatic heterocycles. The van der Waals surface area contributed by atoms with Crippen LogP contribution in [0.4, 0.5) is 0 Å². The van der Waals surface area contributed by atoms with E-state index in [1.807, 2.05) is 12.1 Å². The third-order valence-electron chi connectivity index (χ3n) is 6.25. The van der Waals surface area contributed by atoms with Gasteiger partial charge in [-0.15, -0.1) is 11.6 Å². The van der Waals surface area contributed by atoms with Crippen molar-refractivity contribution in [3.05, 3.63) is 35.4 Å². The normalized spacial score (nSPS) is 35.5. The van der Waals surface area contributed by atoms with Crippen molar-refractivity contribution in [2.45, 2.75) is 43.4 Å². The Kier molecular flexibility index (Phi) is 4.25. The van der Waals surface area contributed by atoms with Crippen LogP contribution >= 0.6 is 11.6 Å². The molecule has 136 valence electrons. The van der Waals surface area contributed by atoms with Gasteiger partial charge in [0.2, 0.25) is 0 Å². The van der Waals surface area contributed by atoms with Gasteiger partial charge in [-0.05, 0) is 12.1 Å². The van der Waals surface area contributed by atoms with Crippen LogP contribution in [0.15, 0.2) is 24.3 Å². The number of benzene rings is 1. The van der Waals surface area contributed by atoms with Gasteiger partial charge in [0.15, 0.2) is 11.5 Å². The zero-order chi connectivity index (χ0) is 17.7. The van der Waals surface area contributed by atoms with Gasteiger partial charge in [0.05, 0.1) is 38.8 Å². The second-order valence-corrected chi connectivity index (χ2v) is 8.34. The Labute approximate surface area is 154 Å². The summed E-state index contributed by atoms with van der Waals surface area (Å²) in [7, 11) is 4.02. The van der Waals surface area contributed by atoms with E-state index in [0.717, 1.165) is 48.5 Å². The number of rotatable bonds is 4. The van der Waals surface area contributed by atoms with Crippen LogP contribution in [0.3, 0.4) is 0 Å². The average molecular weight is 365 g/mol. The minimum Gasteiger partial charge on any atom is -0.493 e. The van der Waals surface area contributed by atoms with Crippen LogP contribution in [0.25, 0.3) is 0 Å². The van der Waals surface area contributed by atoms with Crippen molar-refractivity contribution in [3.63, 3.8) is 0 Å². The molecule has 0 bridgehead atoms. The van der Waals surface area contributed by atoms with Crippen molar-refractivity contribution in [2.24, 2.45) is 0 Å². The molecule has 1 spiro atoms. The average Bonchev–Trinajstić information content (AvgIpc) is 2.87. The molecule has 4 nitrogen and oxygen atoms in total. The van der Waals surface area contributed by atoms with Gasteiger partial charge in [0.25, 0.3) is 0 Å². The fourth-order valence-electron chi connectivity index (χ4n) is 4.91. The minimum atomic E-state index is -0.431. The van der Waals surface area contributed by atoms with Crippen LogP contribution in [0.1, 0.15) is 30.4 Å². The van der Waals surface area contributed by atoms with E-state index in [-0.39, 0.29) is 11.5 Å². The van der Waals surface area contributed by atoms with Crippen molar-refractivity contribution in [2.75, 3.05) is 33.1 Å². The maximum atomic E-state index is 10.1. The summed E-state index contributed by atoms with van der Waals surface area (Å²) in [6, 6.07) is 4.23. The lowest BCUT2D eigenvalue weighted by atomic mass is 9.69. The van der Waals surface area contributed by atoms with Crippen LogP contribution in [-0.2, 0) is 12.0 Å². The van der Waals surface area contributed by atoms with E-state index in [1.165, 1.54) is 11.1 Å². The largest absolute Gasteiger partial charge is 0.493 e. The Morgan fingerprint density at radius 3 is 3.04 bits per heavy atom. The Morgan fingerprint density at radius 2 is 2.28 bits per heavy atom. The van der Waals surface area contributed by atoms with Gasteiger partial charge in [0.1, 0.15) is 12.6 Å². The molecule has 5 heteroatoms. The summed E-state index contributed by atoms with van der Waals surface area (Å²) in [4.78, 5) is 0. The van der Waals surface area contributed by atoms with Gasteiger partial charge in [-0.25, -0.2) is 0 Å². The fraction of sp³-hybridized carbons (Fsp3) is 0.600. The van der Waals surface area contributed by atoms with E-state index in [0.29, 0.717) is 12.3 Å². The molecule has 0 aromatic heterocycles. The molecule has 3 aliphatic rings. The lowest BCUT2D eigenvalue weighted by Crippen LogP contribution is -2.47. The monoisotopic (exact) mass is 364 g/mol. The van der Waals surface area contributed by atoms with E-state index in [1.54, 1.807) is 7.11 Å². The molecule has 3 unspecified atom stereocenters. The highest BCUT2D eigenvalue weighted by Crippen LogP contribution is 2.56. The van der Waals surface area contributed by atoms with Gasteiger partial charge in [-0.2, -0.15) is 0 Å². The Hall–Kier alpha value is -1.23. The molecule has 0 amide bonds. The molecule has 25 heavy (non-hydrogen) atoms. The Balaban J connectivity index is 1.84. The zero-order valence-corrected chi connectivity index (χ0v) is 15.8. The highest BCUT2D eigenvalue weighted by molar-refractivity contribution is 6.17. The minimum absolute atomic E-state index is 0.0165. The molecular formula is C20H27ClNO3+. The summed E-state index contributed by atoms with van der Waals surface area (Å²) in [5.74, 6) is 2.39. The van der Waals surface area contributed by atoms with E-state index in [2.05, 4.69) is 19.2 Å². The van der Waals surface area contributed by atoms with E-state index in [4.69, 9.17) is 21.1 Å². The van der Waals surface area contributed by atoms with Crippen LogP contribution < -0.4 is 9.47 Å². The van der Waals surface area contributed by atoms with Crippen LogP contribution in [0, 0.1) is 0 Å². The molecule has 1 aromatic carbocycles. The predicted molar refractivity (Wildman–Crippen MR) is 98.4 cm³/mol. The number of aliphatic hydroxyl groups is 1. The number of ether oxygens (including phenoxy) is 2. The molecule has 0 saturated heterocycles. The number of methoxy groups -OCH3 is 1. The van der Waals surface area contributed by atoms with Crippen molar-refractivity contribution in [1.29, 1.82) is 0 Å². The summed E-state index contributed by atoms with van der Waals surface area (Å²) in [5.41, 5.74) is 2.48. The first-order chi connectivity index (χ1) is 12.0. The van der Waals surface area contributed by atoms with Crippen molar-refractivity contribution in [3.8, 4) is 11.5 Å². The van der Waals surface area contributed by atoms with Crippen molar-refractivity contribution < 1.29 is 19.1 Å². The smallest absolute Gasteiger partial charge is 0.166 e. The molecular weight excluding hydrogens is 338 g/mol. The van der Waals surface area contributed by atoms with Crippen LogP contribution in [-0.4, -0.2) is 54.9 Å². The molecule has 2 heterocycles. The van der Waals surface area contributed by atoms with Crippen LogP contribution in [0.2, 0.25) is 0 Å². The first-order valence-corrected chi connectivity index (χ1v) is 9.69.